The van der Waals surface area contributed by atoms with E-state index in [0.717, 1.165) is 59.9 Å². The summed E-state index contributed by atoms with van der Waals surface area (Å²) in [6, 6.07) is 11.1. The maximum absolute atomic E-state index is 6.48. The van der Waals surface area contributed by atoms with Crippen molar-refractivity contribution in [3.63, 3.8) is 0 Å². The van der Waals surface area contributed by atoms with E-state index in [-0.39, 0.29) is 0 Å². The molecular formula is C20H18Cl3N3O. The monoisotopic (exact) mass is 421 g/mol. The van der Waals surface area contributed by atoms with Gasteiger partial charge in [0.2, 0.25) is 0 Å². The smallest absolute Gasteiger partial charge is 0.133 e. The van der Waals surface area contributed by atoms with Crippen molar-refractivity contribution in [1.82, 2.24) is 9.78 Å². The minimum atomic E-state index is 0.472. The molecule has 1 aromatic heterocycles. The Kier molecular flexibility index (Phi) is 5.22. The van der Waals surface area contributed by atoms with Crippen LogP contribution < -0.4 is 10.1 Å². The number of benzene rings is 2. The molecule has 0 saturated carbocycles. The molecule has 4 nitrogen and oxygen atoms in total. The lowest BCUT2D eigenvalue weighted by Gasteiger charge is -2.11. The molecule has 7 heteroatoms. The molecule has 27 heavy (non-hydrogen) atoms. The molecule has 0 spiro atoms. The zero-order chi connectivity index (χ0) is 19.0. The summed E-state index contributed by atoms with van der Waals surface area (Å²) in [6.45, 7) is 0.878. The normalized spacial score (nSPS) is 13.6. The molecule has 1 aliphatic rings. The standard InChI is InChI=1S/C20H18Cl3N3O/c1-27-17-9-8-12(21)11-14(17)19-13-5-2-3-10-24-20(13)26(25-19)16-7-4-6-15(22)18(16)23/h4,6-9,11,24H,2-3,5,10H2,1H3. The van der Waals surface area contributed by atoms with Gasteiger partial charge < -0.3 is 10.1 Å². The predicted octanol–water partition coefficient (Wildman–Crippen LogP) is 6.26. The van der Waals surface area contributed by atoms with Crippen LogP contribution >= 0.6 is 34.8 Å². The maximum Gasteiger partial charge on any atom is 0.133 e. The van der Waals surface area contributed by atoms with Gasteiger partial charge in [0, 0.05) is 22.7 Å². The van der Waals surface area contributed by atoms with Gasteiger partial charge in [0.25, 0.3) is 0 Å². The number of aromatic nitrogens is 2. The van der Waals surface area contributed by atoms with E-state index in [4.69, 9.17) is 44.6 Å². The van der Waals surface area contributed by atoms with E-state index in [0.29, 0.717) is 15.1 Å². The summed E-state index contributed by atoms with van der Waals surface area (Å²) in [7, 11) is 1.65. The van der Waals surface area contributed by atoms with E-state index in [2.05, 4.69) is 5.32 Å². The number of hydrogen-bond acceptors (Lipinski definition) is 3. The van der Waals surface area contributed by atoms with Crippen molar-refractivity contribution in [3.8, 4) is 22.7 Å². The first-order chi connectivity index (χ1) is 13.1. The van der Waals surface area contributed by atoms with Crippen molar-refractivity contribution in [2.45, 2.75) is 19.3 Å². The third-order valence-corrected chi connectivity index (χ3v) is 5.75. The Labute approximate surface area is 173 Å². The van der Waals surface area contributed by atoms with Crippen molar-refractivity contribution >= 4 is 40.6 Å². The Balaban J connectivity index is 1.98. The average molecular weight is 423 g/mol. The minimum Gasteiger partial charge on any atom is -0.496 e. The molecule has 140 valence electrons. The van der Waals surface area contributed by atoms with Gasteiger partial charge in [-0.05, 0) is 49.6 Å². The first kappa shape index (κ1) is 18.5. The van der Waals surface area contributed by atoms with E-state index in [9.17, 15) is 0 Å². The van der Waals surface area contributed by atoms with E-state index >= 15 is 0 Å². The Bertz CT molecular complexity index is 1000. The molecule has 0 fully saturated rings. The number of rotatable bonds is 3. The second kappa shape index (κ2) is 7.63. The highest BCUT2D eigenvalue weighted by Crippen LogP contribution is 2.40. The van der Waals surface area contributed by atoms with Crippen LogP contribution in [0.1, 0.15) is 18.4 Å². The van der Waals surface area contributed by atoms with Gasteiger partial charge in [-0.15, -0.1) is 0 Å². The lowest BCUT2D eigenvalue weighted by molar-refractivity contribution is 0.416. The summed E-state index contributed by atoms with van der Waals surface area (Å²) in [4.78, 5) is 0. The molecule has 2 aromatic carbocycles. The summed E-state index contributed by atoms with van der Waals surface area (Å²) in [6.07, 6.45) is 3.07. The zero-order valence-corrected chi connectivity index (χ0v) is 17.0. The second-order valence-corrected chi connectivity index (χ2v) is 7.61. The summed E-state index contributed by atoms with van der Waals surface area (Å²) in [5.41, 5.74) is 3.57. The maximum atomic E-state index is 6.48. The number of nitrogens with zero attached hydrogens (tertiary/aromatic N) is 2. The first-order valence-electron chi connectivity index (χ1n) is 8.74. The van der Waals surface area contributed by atoms with Gasteiger partial charge in [0.15, 0.2) is 0 Å². The molecule has 0 aliphatic carbocycles. The average Bonchev–Trinajstić information content (AvgIpc) is 2.85. The number of halogens is 3. The number of nitrogens with one attached hydrogen (secondary N) is 1. The van der Waals surface area contributed by atoms with E-state index in [1.807, 2.05) is 35.0 Å². The molecule has 0 bridgehead atoms. The largest absolute Gasteiger partial charge is 0.496 e. The SMILES string of the molecule is COc1ccc(Cl)cc1-c1nn(-c2cccc(Cl)c2Cl)c2c1CCCCN2. The molecule has 0 unspecified atom stereocenters. The lowest BCUT2D eigenvalue weighted by atomic mass is 10.0. The molecule has 1 N–H and O–H groups in total. The van der Waals surface area contributed by atoms with Gasteiger partial charge in [0.1, 0.15) is 17.3 Å². The van der Waals surface area contributed by atoms with Crippen LogP contribution in [0.3, 0.4) is 0 Å². The van der Waals surface area contributed by atoms with Crippen molar-refractivity contribution in [1.29, 1.82) is 0 Å². The summed E-state index contributed by atoms with van der Waals surface area (Å²) >= 11 is 19.0. The number of hydrogen-bond donors (Lipinski definition) is 1. The lowest BCUT2D eigenvalue weighted by Crippen LogP contribution is -2.07. The van der Waals surface area contributed by atoms with Gasteiger partial charge in [0.05, 0.1) is 22.8 Å². The van der Waals surface area contributed by atoms with Crippen molar-refractivity contribution in [2.75, 3.05) is 19.0 Å². The summed E-state index contributed by atoms with van der Waals surface area (Å²) in [5, 5.41) is 10.0. The van der Waals surface area contributed by atoms with E-state index in [1.165, 1.54) is 0 Å². The van der Waals surface area contributed by atoms with Crippen molar-refractivity contribution < 1.29 is 4.74 Å². The molecule has 0 radical (unpaired) electrons. The Morgan fingerprint density at radius 1 is 1.11 bits per heavy atom. The van der Waals surface area contributed by atoms with Crippen LogP contribution in [0.2, 0.25) is 15.1 Å². The van der Waals surface area contributed by atoms with Gasteiger partial charge in [-0.1, -0.05) is 40.9 Å². The second-order valence-electron chi connectivity index (χ2n) is 6.39. The minimum absolute atomic E-state index is 0.472. The molecule has 1 aliphatic heterocycles. The molecular weight excluding hydrogens is 405 g/mol. The van der Waals surface area contributed by atoms with Gasteiger partial charge in [-0.3, -0.25) is 0 Å². The summed E-state index contributed by atoms with van der Waals surface area (Å²) < 4.78 is 7.40. The molecule has 0 atom stereocenters. The highest BCUT2D eigenvalue weighted by atomic mass is 35.5. The van der Waals surface area contributed by atoms with Crippen LogP contribution in [0.15, 0.2) is 36.4 Å². The van der Waals surface area contributed by atoms with Crippen molar-refractivity contribution in [3.05, 3.63) is 57.0 Å². The highest BCUT2D eigenvalue weighted by Gasteiger charge is 2.25. The molecule has 3 aromatic rings. The van der Waals surface area contributed by atoms with Gasteiger partial charge in [-0.25, -0.2) is 4.68 Å². The Morgan fingerprint density at radius 2 is 1.96 bits per heavy atom. The van der Waals surface area contributed by atoms with Crippen molar-refractivity contribution in [2.24, 2.45) is 0 Å². The fourth-order valence-corrected chi connectivity index (χ4v) is 3.96. The van der Waals surface area contributed by atoms with Crippen LogP contribution in [0.4, 0.5) is 5.82 Å². The number of ether oxygens (including phenoxy) is 1. The highest BCUT2D eigenvalue weighted by molar-refractivity contribution is 6.43. The molecule has 0 amide bonds. The van der Waals surface area contributed by atoms with E-state index < -0.39 is 0 Å². The zero-order valence-electron chi connectivity index (χ0n) is 14.7. The third kappa shape index (κ3) is 3.38. The Morgan fingerprint density at radius 3 is 2.78 bits per heavy atom. The van der Waals surface area contributed by atoms with Crippen LogP contribution in [0.5, 0.6) is 5.75 Å². The fourth-order valence-electron chi connectivity index (χ4n) is 3.41. The topological polar surface area (TPSA) is 39.1 Å². The van der Waals surface area contributed by atoms with Crippen LogP contribution in [0.25, 0.3) is 16.9 Å². The molecule has 2 heterocycles. The van der Waals surface area contributed by atoms with Crippen LogP contribution in [0, 0.1) is 0 Å². The summed E-state index contributed by atoms with van der Waals surface area (Å²) in [5.74, 6) is 1.67. The third-order valence-electron chi connectivity index (χ3n) is 4.71. The van der Waals surface area contributed by atoms with E-state index in [1.54, 1.807) is 13.2 Å². The fraction of sp³-hybridized carbons (Fsp3) is 0.250. The number of methoxy groups -OCH3 is 1. The van der Waals surface area contributed by atoms with Crippen LogP contribution in [-0.2, 0) is 6.42 Å². The number of fused-ring (bicyclic) bond motifs is 1. The Hall–Kier alpha value is -1.88. The predicted molar refractivity (Wildman–Crippen MR) is 112 cm³/mol. The molecule has 0 saturated heterocycles. The first-order valence-corrected chi connectivity index (χ1v) is 9.87. The molecule has 4 rings (SSSR count). The van der Waals surface area contributed by atoms with Gasteiger partial charge >= 0.3 is 0 Å². The quantitative estimate of drug-likeness (QED) is 0.541. The van der Waals surface area contributed by atoms with Gasteiger partial charge in [-0.2, -0.15) is 5.10 Å². The number of anilines is 1. The van der Waals surface area contributed by atoms with Crippen LogP contribution in [-0.4, -0.2) is 23.4 Å².